The molecule has 0 aliphatic carbocycles. The van der Waals surface area contributed by atoms with Crippen LogP contribution in [0.2, 0.25) is 25.1 Å². The molecule has 0 amide bonds. The lowest BCUT2D eigenvalue weighted by Crippen LogP contribution is -2.25. The number of rotatable bonds is 13. The van der Waals surface area contributed by atoms with E-state index in [0.29, 0.717) is 17.9 Å². The van der Waals surface area contributed by atoms with Gasteiger partial charge in [-0.2, -0.15) is 0 Å². The van der Waals surface area contributed by atoms with Gasteiger partial charge >= 0.3 is 23.9 Å². The van der Waals surface area contributed by atoms with Gasteiger partial charge in [-0.25, -0.2) is 24.3 Å². The Hall–Kier alpha value is -4.31. The zero-order chi connectivity index (χ0) is 40.2. The van der Waals surface area contributed by atoms with Crippen LogP contribution in [0, 0.1) is 16.9 Å². The number of halogens is 5. The monoisotopic (exact) mass is 840 g/mol. The SMILES string of the molecule is CC(C)(COC(=O)c1c(Cl)cc(OC(=O)c2ccc(C([O])=O)cc2)cc1Cl)Cc1ccc2c(Cl)c(CC(C)(C)COC(=O)c3c(Cl)c[c]cc3Cl)ccc2c1. The molecule has 0 saturated heterocycles. The lowest BCUT2D eigenvalue weighted by Gasteiger charge is -2.26. The Balaban J connectivity index is 1.19. The molecule has 0 fully saturated rings. The van der Waals surface area contributed by atoms with Crippen molar-refractivity contribution in [3.05, 3.63) is 143 Å². The van der Waals surface area contributed by atoms with Crippen molar-refractivity contribution in [2.45, 2.75) is 40.5 Å². The lowest BCUT2D eigenvalue weighted by molar-refractivity contribution is 0.0335. The highest BCUT2D eigenvalue weighted by Gasteiger charge is 2.27. The van der Waals surface area contributed by atoms with E-state index in [1.807, 2.05) is 58.0 Å². The average molecular weight is 843 g/mol. The molecule has 0 unspecified atom stereocenters. The van der Waals surface area contributed by atoms with Crippen molar-refractivity contribution in [3.8, 4) is 5.75 Å². The summed E-state index contributed by atoms with van der Waals surface area (Å²) in [7, 11) is 0. The Bertz CT molecular complexity index is 2260. The largest absolute Gasteiger partial charge is 0.461 e. The number of carbonyl (C=O) groups is 4. The van der Waals surface area contributed by atoms with Crippen molar-refractivity contribution < 1.29 is 38.5 Å². The molecule has 8 nitrogen and oxygen atoms in total. The number of fused-ring (bicyclic) bond motifs is 1. The van der Waals surface area contributed by atoms with Crippen LogP contribution < -0.4 is 4.74 Å². The van der Waals surface area contributed by atoms with Crippen LogP contribution in [-0.4, -0.2) is 37.1 Å². The average Bonchev–Trinajstić information content (AvgIpc) is 3.10. The predicted octanol–water partition coefficient (Wildman–Crippen LogP) is 11.5. The standard InChI is InChI=1S/C42H33Cl5O8/c1-41(2,21-53-40(52)35-32(45)17-28(18-33(35)46)55-38(50)25-11-9-24(10-12-25)37(48)49)19-23-8-15-29-26(16-23)13-14-27(36(29)47)20-42(3,4)22-54-39(51)34-30(43)6-5-7-31(34)44/h6-18H,19-22H2,1-4H3. The van der Waals surface area contributed by atoms with Crippen molar-refractivity contribution in [3.63, 3.8) is 0 Å². The van der Waals surface area contributed by atoms with Gasteiger partial charge in [-0.1, -0.05) is 116 Å². The van der Waals surface area contributed by atoms with E-state index in [1.165, 1.54) is 48.5 Å². The second-order valence-electron chi connectivity index (χ2n) is 14.5. The van der Waals surface area contributed by atoms with E-state index in [-0.39, 0.29) is 61.3 Å². The normalized spacial score (nSPS) is 11.7. The molecule has 5 rings (SSSR count). The molecule has 0 heterocycles. The fourth-order valence-corrected chi connectivity index (χ4v) is 7.28. The summed E-state index contributed by atoms with van der Waals surface area (Å²) < 4.78 is 16.6. The molecule has 0 atom stereocenters. The minimum Gasteiger partial charge on any atom is -0.461 e. The quantitative estimate of drug-likeness (QED) is 0.0856. The maximum absolute atomic E-state index is 13.1. The molecule has 5 aromatic carbocycles. The minimum absolute atomic E-state index is 0.0204. The van der Waals surface area contributed by atoms with Crippen molar-refractivity contribution in [2.75, 3.05) is 13.2 Å². The molecule has 0 aromatic heterocycles. The second kappa shape index (κ2) is 17.2. The first-order chi connectivity index (χ1) is 25.8. The highest BCUT2D eigenvalue weighted by atomic mass is 35.5. The second-order valence-corrected chi connectivity index (χ2v) is 16.5. The highest BCUT2D eigenvalue weighted by molar-refractivity contribution is 6.40. The van der Waals surface area contributed by atoms with Crippen molar-refractivity contribution in [2.24, 2.45) is 10.8 Å². The van der Waals surface area contributed by atoms with Gasteiger partial charge in [0.05, 0.1) is 60.6 Å². The van der Waals surface area contributed by atoms with Gasteiger partial charge in [0.25, 0.3) is 0 Å². The number of ether oxygens (including phenoxy) is 3. The molecule has 0 aliphatic heterocycles. The Labute approximate surface area is 343 Å². The minimum atomic E-state index is -1.38. The van der Waals surface area contributed by atoms with Gasteiger partial charge in [-0.3, -0.25) is 0 Å². The van der Waals surface area contributed by atoms with Gasteiger partial charge in [0.2, 0.25) is 0 Å². The summed E-state index contributed by atoms with van der Waals surface area (Å²) in [6, 6.07) is 23.1. The van der Waals surface area contributed by atoms with Crippen LogP contribution in [0.3, 0.4) is 0 Å². The summed E-state index contributed by atoms with van der Waals surface area (Å²) in [4.78, 5) is 49.4. The first-order valence-corrected chi connectivity index (χ1v) is 18.7. The Morgan fingerprint density at radius 2 is 1.15 bits per heavy atom. The summed E-state index contributed by atoms with van der Waals surface area (Å²) >= 11 is 32.0. The van der Waals surface area contributed by atoms with Gasteiger partial charge in [0, 0.05) is 28.3 Å². The van der Waals surface area contributed by atoms with Gasteiger partial charge in [0.1, 0.15) is 5.75 Å². The third-order valence-electron chi connectivity index (χ3n) is 8.53. The third kappa shape index (κ3) is 10.5. The maximum Gasteiger partial charge on any atom is 0.386 e. The van der Waals surface area contributed by atoms with Crippen LogP contribution >= 0.6 is 58.0 Å². The fraction of sp³-hybridized carbons (Fsp3) is 0.238. The molecule has 0 saturated carbocycles. The first-order valence-electron chi connectivity index (χ1n) is 16.8. The number of esters is 3. The molecule has 55 heavy (non-hydrogen) atoms. The zero-order valence-corrected chi connectivity index (χ0v) is 33.8. The summed E-state index contributed by atoms with van der Waals surface area (Å²) in [5, 5.41) is 13.5. The Morgan fingerprint density at radius 1 is 0.618 bits per heavy atom. The van der Waals surface area contributed by atoms with Crippen LogP contribution in [0.15, 0.2) is 78.9 Å². The Kier molecular flexibility index (Phi) is 13.1. The molecule has 2 radical (unpaired) electrons. The predicted molar refractivity (Wildman–Crippen MR) is 213 cm³/mol. The van der Waals surface area contributed by atoms with E-state index in [2.05, 4.69) is 6.07 Å². The van der Waals surface area contributed by atoms with Crippen LogP contribution in [-0.2, 0) is 27.4 Å². The summed E-state index contributed by atoms with van der Waals surface area (Å²) in [6.45, 7) is 8.01. The van der Waals surface area contributed by atoms with Crippen LogP contribution in [0.5, 0.6) is 5.75 Å². The fourth-order valence-electron chi connectivity index (χ4n) is 5.82. The highest BCUT2D eigenvalue weighted by Crippen LogP contribution is 2.36. The van der Waals surface area contributed by atoms with E-state index in [9.17, 15) is 24.3 Å². The number of hydrogen-bond donors (Lipinski definition) is 0. The number of benzene rings is 5. The van der Waals surface area contributed by atoms with Gasteiger partial charge in [-0.05, 0) is 71.8 Å². The smallest absolute Gasteiger partial charge is 0.386 e. The van der Waals surface area contributed by atoms with E-state index in [0.717, 1.165) is 21.9 Å². The Morgan fingerprint density at radius 3 is 1.71 bits per heavy atom. The molecule has 0 spiro atoms. The zero-order valence-electron chi connectivity index (χ0n) is 30.0. The van der Waals surface area contributed by atoms with Gasteiger partial charge in [0.15, 0.2) is 0 Å². The van der Waals surface area contributed by atoms with E-state index in [4.69, 9.17) is 72.2 Å². The summed E-state index contributed by atoms with van der Waals surface area (Å²) in [5.41, 5.74) is 0.939. The molecule has 5 aromatic rings. The molecule has 0 bridgehead atoms. The van der Waals surface area contributed by atoms with Crippen molar-refractivity contribution in [1.29, 1.82) is 0 Å². The summed E-state index contributed by atoms with van der Waals surface area (Å²) in [5.74, 6) is -3.55. The number of hydrogen-bond acceptors (Lipinski definition) is 7. The van der Waals surface area contributed by atoms with Crippen LogP contribution in [0.1, 0.15) is 80.3 Å². The van der Waals surface area contributed by atoms with Gasteiger partial charge < -0.3 is 14.2 Å². The maximum atomic E-state index is 13.1. The summed E-state index contributed by atoms with van der Waals surface area (Å²) in [6.07, 6.45) is 1.09. The topological polar surface area (TPSA) is 116 Å². The van der Waals surface area contributed by atoms with Crippen molar-refractivity contribution >= 4 is 92.7 Å². The molecular formula is C42H33Cl5O8. The molecule has 0 N–H and O–H groups in total. The van der Waals surface area contributed by atoms with Crippen molar-refractivity contribution in [1.82, 2.24) is 0 Å². The lowest BCUT2D eigenvalue weighted by atomic mass is 9.84. The third-order valence-corrected chi connectivity index (χ3v) is 10.2. The molecule has 284 valence electrons. The molecule has 13 heteroatoms. The molecular weight excluding hydrogens is 810 g/mol. The molecule has 0 aliphatic rings. The number of carbonyl (C=O) groups excluding carboxylic acids is 4. The first kappa shape index (κ1) is 41.8. The van der Waals surface area contributed by atoms with E-state index >= 15 is 0 Å². The van der Waals surface area contributed by atoms with E-state index in [1.54, 1.807) is 0 Å². The van der Waals surface area contributed by atoms with Gasteiger partial charge in [-0.15, -0.1) is 0 Å². The van der Waals surface area contributed by atoms with E-state index < -0.39 is 34.7 Å². The van der Waals surface area contributed by atoms with Crippen LogP contribution in [0.25, 0.3) is 10.8 Å². The van der Waals surface area contributed by atoms with Crippen LogP contribution in [0.4, 0.5) is 0 Å².